The van der Waals surface area contributed by atoms with Crippen LogP contribution in [-0.2, 0) is 14.0 Å². The van der Waals surface area contributed by atoms with Gasteiger partial charge in [0, 0.05) is 26.1 Å². The molecule has 7 nitrogen and oxygen atoms in total. The summed E-state index contributed by atoms with van der Waals surface area (Å²) in [5.74, 6) is -0.448. The van der Waals surface area contributed by atoms with Gasteiger partial charge >= 0.3 is 6.09 Å². The van der Waals surface area contributed by atoms with Gasteiger partial charge in [-0.05, 0) is 36.3 Å². The van der Waals surface area contributed by atoms with E-state index in [-0.39, 0.29) is 17.0 Å². The number of carbonyl (C=O) groups is 2. The number of anilines is 2. The zero-order chi connectivity index (χ0) is 22.1. The second-order valence-electron chi connectivity index (χ2n) is 9.41. The van der Waals surface area contributed by atoms with E-state index in [0.29, 0.717) is 50.6 Å². The molecule has 0 aliphatic carbocycles. The number of rotatable bonds is 5. The van der Waals surface area contributed by atoms with Gasteiger partial charge in [-0.2, -0.15) is 0 Å². The summed E-state index contributed by atoms with van der Waals surface area (Å²) in [6.45, 7) is 12.9. The molecule has 0 radical (unpaired) electrons. The number of benzene rings is 1. The monoisotopic (exact) mass is 437 g/mol. The maximum Gasteiger partial charge on any atom is 0.414 e. The summed E-state index contributed by atoms with van der Waals surface area (Å²) in [5.41, 5.74) is 0.890. The van der Waals surface area contributed by atoms with Crippen molar-refractivity contribution in [3.8, 4) is 0 Å². The molecule has 3 rings (SSSR count). The van der Waals surface area contributed by atoms with Crippen molar-refractivity contribution in [1.82, 2.24) is 5.32 Å². The minimum Gasteiger partial charge on any atom is -0.442 e. The predicted molar refractivity (Wildman–Crippen MR) is 117 cm³/mol. The van der Waals surface area contributed by atoms with Crippen LogP contribution in [0.1, 0.15) is 27.2 Å². The average Bonchev–Trinajstić information content (AvgIpc) is 2.89. The molecule has 2 aliphatic rings. The number of carbonyl (C=O) groups excluding carboxylic acids is 2. The summed E-state index contributed by atoms with van der Waals surface area (Å²) >= 11 is 0. The molecule has 9 heteroatoms. The maximum absolute atomic E-state index is 14.8. The van der Waals surface area contributed by atoms with Gasteiger partial charge in [0.05, 0.1) is 24.5 Å². The first-order valence-corrected chi connectivity index (χ1v) is 13.3. The Morgan fingerprint density at radius 3 is 2.67 bits per heavy atom. The van der Waals surface area contributed by atoms with Crippen LogP contribution in [0.4, 0.5) is 20.6 Å². The molecule has 1 N–H and O–H groups in total. The molecule has 2 amide bonds. The van der Waals surface area contributed by atoms with Gasteiger partial charge in [0.25, 0.3) is 0 Å². The predicted octanol–water partition coefficient (Wildman–Crippen LogP) is 3.50. The number of hydrogen-bond donors (Lipinski definition) is 1. The molecule has 0 bridgehead atoms. The molecule has 166 valence electrons. The molecule has 1 aromatic rings. The number of cyclic esters (lactones) is 1. The lowest BCUT2D eigenvalue weighted by Gasteiger charge is -2.36. The second-order valence-corrected chi connectivity index (χ2v) is 14.2. The van der Waals surface area contributed by atoms with Gasteiger partial charge < -0.3 is 19.4 Å². The van der Waals surface area contributed by atoms with Crippen LogP contribution in [0.3, 0.4) is 0 Å². The fourth-order valence-electron chi connectivity index (χ4n) is 3.27. The maximum atomic E-state index is 14.8. The molecule has 2 fully saturated rings. The lowest BCUT2D eigenvalue weighted by molar-refractivity contribution is -0.120. The van der Waals surface area contributed by atoms with Crippen molar-refractivity contribution in [2.75, 3.05) is 42.6 Å². The fraction of sp³-hybridized carbons (Fsp3) is 0.619. The second kappa shape index (κ2) is 8.54. The molecule has 0 aromatic heterocycles. The SMILES string of the molecule is CC(C)(C)[Si](C)(C)OC[C@@H]1CN(c2ccc(N3CCNC(=O)CC3)c(F)c2)C(=O)O1. The molecular weight excluding hydrogens is 405 g/mol. The number of hydrogen-bond acceptors (Lipinski definition) is 5. The van der Waals surface area contributed by atoms with E-state index >= 15 is 0 Å². The van der Waals surface area contributed by atoms with Crippen LogP contribution in [0.2, 0.25) is 18.1 Å². The molecule has 1 atom stereocenters. The molecule has 0 saturated carbocycles. The highest BCUT2D eigenvalue weighted by molar-refractivity contribution is 6.74. The quantitative estimate of drug-likeness (QED) is 0.714. The van der Waals surface area contributed by atoms with E-state index < -0.39 is 20.2 Å². The Bertz CT molecular complexity index is 812. The number of ether oxygens (including phenoxy) is 1. The van der Waals surface area contributed by atoms with Crippen LogP contribution in [0, 0.1) is 5.82 Å². The van der Waals surface area contributed by atoms with Gasteiger partial charge in [0.2, 0.25) is 5.91 Å². The highest BCUT2D eigenvalue weighted by Gasteiger charge is 2.40. The summed E-state index contributed by atoms with van der Waals surface area (Å²) in [6.07, 6.45) is -0.539. The van der Waals surface area contributed by atoms with Crippen molar-refractivity contribution >= 4 is 31.7 Å². The standard InChI is InChI=1S/C21H32FN3O4Si/c1-21(2,3)30(4,5)28-14-16-13-25(20(27)29-16)15-6-7-18(17(22)12-15)24-10-8-19(26)23-9-11-24/h6-7,12,16H,8-11,13-14H2,1-5H3,(H,23,26)/t16-/m0/s1. The highest BCUT2D eigenvalue weighted by Crippen LogP contribution is 2.37. The first-order chi connectivity index (χ1) is 14.0. The van der Waals surface area contributed by atoms with E-state index in [2.05, 4.69) is 39.2 Å². The molecule has 0 unspecified atom stereocenters. The summed E-state index contributed by atoms with van der Waals surface area (Å²) in [4.78, 5) is 27.2. The Hall–Kier alpha value is -2.13. The summed E-state index contributed by atoms with van der Waals surface area (Å²) < 4.78 is 26.5. The van der Waals surface area contributed by atoms with Crippen LogP contribution in [0.15, 0.2) is 18.2 Å². The Labute approximate surface area is 178 Å². The Balaban J connectivity index is 1.65. The van der Waals surface area contributed by atoms with Gasteiger partial charge in [-0.15, -0.1) is 0 Å². The lowest BCUT2D eigenvalue weighted by atomic mass is 10.2. The molecular formula is C21H32FN3O4Si. The number of nitrogens with one attached hydrogen (secondary N) is 1. The van der Waals surface area contributed by atoms with E-state index in [1.807, 2.05) is 4.90 Å². The molecule has 2 heterocycles. The smallest absolute Gasteiger partial charge is 0.414 e. The average molecular weight is 438 g/mol. The molecule has 30 heavy (non-hydrogen) atoms. The first-order valence-electron chi connectivity index (χ1n) is 10.4. The van der Waals surface area contributed by atoms with Crippen molar-refractivity contribution in [2.24, 2.45) is 0 Å². The van der Waals surface area contributed by atoms with Crippen molar-refractivity contribution in [2.45, 2.75) is 51.4 Å². The third-order valence-electron chi connectivity index (χ3n) is 6.21. The zero-order valence-corrected chi connectivity index (χ0v) is 19.5. The van der Waals surface area contributed by atoms with Gasteiger partial charge in [-0.25, -0.2) is 9.18 Å². The number of nitrogens with zero attached hydrogens (tertiary/aromatic N) is 2. The van der Waals surface area contributed by atoms with Crippen LogP contribution in [0.5, 0.6) is 0 Å². The molecule has 1 aromatic carbocycles. The van der Waals surface area contributed by atoms with E-state index in [9.17, 15) is 14.0 Å². The van der Waals surface area contributed by atoms with Crippen LogP contribution in [0.25, 0.3) is 0 Å². The number of amides is 2. The van der Waals surface area contributed by atoms with Crippen LogP contribution in [-0.4, -0.2) is 59.2 Å². The van der Waals surface area contributed by atoms with Crippen molar-refractivity contribution in [3.63, 3.8) is 0 Å². The third-order valence-corrected chi connectivity index (χ3v) is 10.7. The Morgan fingerprint density at radius 2 is 2.00 bits per heavy atom. The van der Waals surface area contributed by atoms with E-state index in [4.69, 9.17) is 9.16 Å². The minimum atomic E-state index is -1.94. The minimum absolute atomic E-state index is 0.0275. The normalized spacial score (nSPS) is 20.8. The van der Waals surface area contributed by atoms with Crippen molar-refractivity contribution in [1.29, 1.82) is 0 Å². The van der Waals surface area contributed by atoms with Crippen molar-refractivity contribution in [3.05, 3.63) is 24.0 Å². The van der Waals surface area contributed by atoms with Crippen LogP contribution < -0.4 is 15.1 Å². The topological polar surface area (TPSA) is 71.1 Å². The Morgan fingerprint density at radius 1 is 1.27 bits per heavy atom. The zero-order valence-electron chi connectivity index (χ0n) is 18.5. The van der Waals surface area contributed by atoms with E-state index in [1.165, 1.54) is 11.0 Å². The third kappa shape index (κ3) is 4.95. The van der Waals surface area contributed by atoms with E-state index in [1.54, 1.807) is 12.1 Å². The van der Waals surface area contributed by atoms with Gasteiger partial charge in [-0.1, -0.05) is 20.8 Å². The number of halogens is 1. The molecule has 2 saturated heterocycles. The summed E-state index contributed by atoms with van der Waals surface area (Å²) in [5, 5.41) is 2.85. The highest BCUT2D eigenvalue weighted by atomic mass is 28.4. The largest absolute Gasteiger partial charge is 0.442 e. The van der Waals surface area contributed by atoms with E-state index in [0.717, 1.165) is 0 Å². The lowest BCUT2D eigenvalue weighted by Crippen LogP contribution is -2.43. The first kappa shape index (κ1) is 22.5. The summed E-state index contributed by atoms with van der Waals surface area (Å²) in [6, 6.07) is 4.73. The molecule has 2 aliphatic heterocycles. The Kier molecular flexibility index (Phi) is 6.42. The summed E-state index contributed by atoms with van der Waals surface area (Å²) in [7, 11) is -1.94. The van der Waals surface area contributed by atoms with Gasteiger partial charge in [-0.3, -0.25) is 9.69 Å². The fourth-order valence-corrected chi connectivity index (χ4v) is 4.30. The van der Waals surface area contributed by atoms with Crippen LogP contribution >= 0.6 is 0 Å². The van der Waals surface area contributed by atoms with Gasteiger partial charge in [0.15, 0.2) is 8.32 Å². The van der Waals surface area contributed by atoms with Gasteiger partial charge in [0.1, 0.15) is 11.9 Å². The van der Waals surface area contributed by atoms with Crippen molar-refractivity contribution < 1.29 is 23.1 Å². The molecule has 0 spiro atoms.